The minimum atomic E-state index is -0.0161. The Morgan fingerprint density at radius 2 is 2.37 bits per heavy atom. The van der Waals surface area contributed by atoms with Gasteiger partial charge in [0.1, 0.15) is 0 Å². The number of hydrogen-bond donors (Lipinski definition) is 2. The Balaban J connectivity index is 1.78. The van der Waals surface area contributed by atoms with Gasteiger partial charge in [-0.3, -0.25) is 4.79 Å². The van der Waals surface area contributed by atoms with Crippen LogP contribution in [0, 0.1) is 5.92 Å². The summed E-state index contributed by atoms with van der Waals surface area (Å²) in [5.74, 6) is 0.0782. The lowest BCUT2D eigenvalue weighted by molar-refractivity contribution is -0.121. The molecule has 2 aliphatic rings. The molecule has 0 radical (unpaired) electrons. The van der Waals surface area contributed by atoms with Crippen molar-refractivity contribution in [2.75, 3.05) is 18.5 Å². The fourth-order valence-corrected chi connectivity index (χ4v) is 2.95. The van der Waals surface area contributed by atoms with Crippen molar-refractivity contribution in [3.63, 3.8) is 0 Å². The molecule has 0 bridgehead atoms. The van der Waals surface area contributed by atoms with Crippen molar-refractivity contribution in [2.24, 2.45) is 5.92 Å². The Bertz CT molecular complexity index is 487. The molecule has 2 aliphatic heterocycles. The number of anilines is 1. The van der Waals surface area contributed by atoms with E-state index in [1.807, 2.05) is 19.1 Å². The van der Waals surface area contributed by atoms with Gasteiger partial charge >= 0.3 is 0 Å². The van der Waals surface area contributed by atoms with Crippen LogP contribution in [0.4, 0.5) is 5.69 Å². The van der Waals surface area contributed by atoms with Crippen LogP contribution < -0.4 is 10.6 Å². The Hall–Kier alpha value is -1.39. The number of benzene rings is 1. The van der Waals surface area contributed by atoms with Crippen LogP contribution in [0.3, 0.4) is 0 Å². The molecule has 0 spiro atoms. The van der Waals surface area contributed by atoms with Crippen molar-refractivity contribution < 1.29 is 9.53 Å². The summed E-state index contributed by atoms with van der Waals surface area (Å²) in [6, 6.07) is 6.14. The van der Waals surface area contributed by atoms with Crippen molar-refractivity contribution in [1.29, 1.82) is 0 Å². The maximum absolute atomic E-state index is 12.3. The van der Waals surface area contributed by atoms with Gasteiger partial charge in [0, 0.05) is 18.8 Å². The van der Waals surface area contributed by atoms with Crippen LogP contribution in [-0.2, 0) is 22.5 Å². The third kappa shape index (κ3) is 2.51. The molecule has 1 aromatic rings. The fraction of sp³-hybridized carbons (Fsp3) is 0.533. The zero-order valence-corrected chi connectivity index (χ0v) is 11.2. The minimum absolute atomic E-state index is 0.0161. The van der Waals surface area contributed by atoms with Gasteiger partial charge in [0.15, 0.2) is 0 Å². The van der Waals surface area contributed by atoms with Gasteiger partial charge in [-0.05, 0) is 43.5 Å². The number of hydrogen-bond acceptors (Lipinski definition) is 3. The van der Waals surface area contributed by atoms with E-state index in [0.29, 0.717) is 6.61 Å². The Kier molecular flexibility index (Phi) is 3.53. The molecule has 0 aliphatic carbocycles. The maximum atomic E-state index is 12.3. The second kappa shape index (κ2) is 5.31. The average molecular weight is 260 g/mol. The predicted octanol–water partition coefficient (Wildman–Crippen LogP) is 1.70. The van der Waals surface area contributed by atoms with Gasteiger partial charge in [-0.1, -0.05) is 12.1 Å². The molecule has 2 heterocycles. The molecule has 2 atom stereocenters. The molecule has 2 N–H and O–H groups in total. The Morgan fingerprint density at radius 3 is 3.16 bits per heavy atom. The largest absolute Gasteiger partial charge is 0.378 e. The molecule has 0 aromatic heterocycles. The molecule has 2 unspecified atom stereocenters. The lowest BCUT2D eigenvalue weighted by Gasteiger charge is -2.22. The quantitative estimate of drug-likeness (QED) is 0.851. The van der Waals surface area contributed by atoms with E-state index in [1.165, 1.54) is 11.1 Å². The first kappa shape index (κ1) is 12.6. The average Bonchev–Trinajstić information content (AvgIpc) is 2.85. The first-order valence-corrected chi connectivity index (χ1v) is 6.99. The van der Waals surface area contributed by atoms with E-state index in [0.717, 1.165) is 31.6 Å². The molecule has 1 saturated heterocycles. The number of amides is 1. The normalized spacial score (nSPS) is 25.9. The summed E-state index contributed by atoms with van der Waals surface area (Å²) in [6.07, 6.45) is 1.83. The van der Waals surface area contributed by atoms with E-state index in [-0.39, 0.29) is 17.9 Å². The van der Waals surface area contributed by atoms with Gasteiger partial charge in [0.05, 0.1) is 12.0 Å². The van der Waals surface area contributed by atoms with Crippen molar-refractivity contribution >= 4 is 11.6 Å². The third-order valence-electron chi connectivity index (χ3n) is 4.11. The molecule has 1 aromatic carbocycles. The molecule has 4 heteroatoms. The van der Waals surface area contributed by atoms with Gasteiger partial charge in [-0.15, -0.1) is 0 Å². The molecular formula is C15H20N2O2. The summed E-state index contributed by atoms with van der Waals surface area (Å²) in [7, 11) is 0. The first-order valence-electron chi connectivity index (χ1n) is 6.99. The zero-order valence-electron chi connectivity index (χ0n) is 11.2. The van der Waals surface area contributed by atoms with Gasteiger partial charge in [0.25, 0.3) is 0 Å². The highest BCUT2D eigenvalue weighted by Gasteiger charge is 2.31. The highest BCUT2D eigenvalue weighted by molar-refractivity contribution is 5.94. The lowest BCUT2D eigenvalue weighted by Crippen LogP contribution is -2.30. The van der Waals surface area contributed by atoms with E-state index in [4.69, 9.17) is 4.74 Å². The van der Waals surface area contributed by atoms with E-state index in [9.17, 15) is 4.79 Å². The van der Waals surface area contributed by atoms with Crippen LogP contribution in [0.5, 0.6) is 0 Å². The molecule has 102 valence electrons. The maximum Gasteiger partial charge on any atom is 0.230 e. The summed E-state index contributed by atoms with van der Waals surface area (Å²) in [5.41, 5.74) is 3.55. The number of fused-ring (bicyclic) bond motifs is 1. The molecule has 19 heavy (non-hydrogen) atoms. The zero-order chi connectivity index (χ0) is 13.2. The summed E-state index contributed by atoms with van der Waals surface area (Å²) in [6.45, 7) is 4.53. The minimum Gasteiger partial charge on any atom is -0.378 e. The predicted molar refractivity (Wildman–Crippen MR) is 74.0 cm³/mol. The van der Waals surface area contributed by atoms with E-state index < -0.39 is 0 Å². The van der Waals surface area contributed by atoms with Crippen LogP contribution >= 0.6 is 0 Å². The highest BCUT2D eigenvalue weighted by atomic mass is 16.5. The number of ether oxygens (including phenoxy) is 1. The van der Waals surface area contributed by atoms with Crippen molar-refractivity contribution in [3.8, 4) is 0 Å². The highest BCUT2D eigenvalue weighted by Crippen LogP contribution is 2.26. The van der Waals surface area contributed by atoms with Gasteiger partial charge in [-0.25, -0.2) is 0 Å². The van der Waals surface area contributed by atoms with Crippen LogP contribution in [0.1, 0.15) is 24.5 Å². The van der Waals surface area contributed by atoms with Crippen molar-refractivity contribution in [3.05, 3.63) is 29.3 Å². The number of carbonyl (C=O) groups excluding carboxylic acids is 1. The lowest BCUT2D eigenvalue weighted by atomic mass is 9.97. The van der Waals surface area contributed by atoms with E-state index in [1.54, 1.807) is 0 Å². The van der Waals surface area contributed by atoms with E-state index >= 15 is 0 Å². The number of rotatable bonds is 2. The molecule has 3 rings (SSSR count). The van der Waals surface area contributed by atoms with Crippen molar-refractivity contribution in [2.45, 2.75) is 32.4 Å². The SMILES string of the molecule is CC1OCCC1C(=O)Nc1cccc2c1CCNC2. The van der Waals surface area contributed by atoms with Crippen LogP contribution in [-0.4, -0.2) is 25.2 Å². The Morgan fingerprint density at radius 1 is 1.47 bits per heavy atom. The monoisotopic (exact) mass is 260 g/mol. The Labute approximate surface area is 113 Å². The summed E-state index contributed by atoms with van der Waals surface area (Å²) < 4.78 is 5.47. The molecule has 4 nitrogen and oxygen atoms in total. The molecule has 1 fully saturated rings. The van der Waals surface area contributed by atoms with E-state index in [2.05, 4.69) is 16.7 Å². The van der Waals surface area contributed by atoms with Gasteiger partial charge in [0.2, 0.25) is 5.91 Å². The van der Waals surface area contributed by atoms with Crippen LogP contribution in [0.15, 0.2) is 18.2 Å². The molecule has 1 amide bonds. The summed E-state index contributed by atoms with van der Waals surface area (Å²) >= 11 is 0. The van der Waals surface area contributed by atoms with Crippen LogP contribution in [0.25, 0.3) is 0 Å². The summed E-state index contributed by atoms with van der Waals surface area (Å²) in [4.78, 5) is 12.3. The van der Waals surface area contributed by atoms with Gasteiger partial charge in [-0.2, -0.15) is 0 Å². The standard InChI is InChI=1S/C15H20N2O2/c1-10-12(6-8-19-10)15(18)17-14-4-2-3-11-9-16-7-5-13(11)14/h2-4,10,12,16H,5-9H2,1H3,(H,17,18). The van der Waals surface area contributed by atoms with Gasteiger partial charge < -0.3 is 15.4 Å². The van der Waals surface area contributed by atoms with Crippen molar-refractivity contribution in [1.82, 2.24) is 5.32 Å². The third-order valence-corrected chi connectivity index (χ3v) is 4.11. The fourth-order valence-electron chi connectivity index (χ4n) is 2.95. The first-order chi connectivity index (χ1) is 9.25. The number of carbonyl (C=O) groups is 1. The summed E-state index contributed by atoms with van der Waals surface area (Å²) in [5, 5.41) is 6.45. The molecule has 0 saturated carbocycles. The van der Waals surface area contributed by atoms with Crippen LogP contribution in [0.2, 0.25) is 0 Å². The topological polar surface area (TPSA) is 50.4 Å². The molecular weight excluding hydrogens is 240 g/mol. The smallest absolute Gasteiger partial charge is 0.230 e. The second-order valence-corrected chi connectivity index (χ2v) is 5.33. The number of nitrogens with one attached hydrogen (secondary N) is 2. The second-order valence-electron chi connectivity index (χ2n) is 5.33.